The van der Waals surface area contributed by atoms with E-state index in [2.05, 4.69) is 5.32 Å². The maximum atomic E-state index is 11.8. The molecule has 0 heterocycles. The van der Waals surface area contributed by atoms with E-state index in [0.717, 1.165) is 25.7 Å². The monoisotopic (exact) mass is 407 g/mol. The molecule has 1 amide bonds. The van der Waals surface area contributed by atoms with Crippen LogP contribution in [-0.2, 0) is 4.79 Å². The van der Waals surface area contributed by atoms with Crippen molar-refractivity contribution in [2.75, 3.05) is 13.2 Å². The van der Waals surface area contributed by atoms with Gasteiger partial charge in [0.25, 0.3) is 5.91 Å². The molecule has 9 heteroatoms. The van der Waals surface area contributed by atoms with Gasteiger partial charge in [-0.3, -0.25) is 9.59 Å². The molecule has 0 aliphatic heterocycles. The van der Waals surface area contributed by atoms with Crippen molar-refractivity contribution in [2.45, 2.75) is 45.4 Å². The SMILES string of the molecule is CCO.O=C(O)CCCCCCCNC(=O)c1cc(Cl)ccc1O.[NaH].[NaH]. The molecule has 0 aromatic heterocycles. The number of carboxylic acid groups (broad SMARTS) is 1. The molecule has 0 fully saturated rings. The summed E-state index contributed by atoms with van der Waals surface area (Å²) in [5, 5.41) is 28.8. The van der Waals surface area contributed by atoms with Gasteiger partial charge in [-0.2, -0.15) is 0 Å². The number of unbranched alkanes of at least 4 members (excludes halogenated alkanes) is 4. The molecule has 0 aliphatic rings. The molecular weight excluding hydrogens is 380 g/mol. The minimum absolute atomic E-state index is 0. The molecule has 0 saturated heterocycles. The number of carboxylic acids is 1. The van der Waals surface area contributed by atoms with Crippen LogP contribution in [0.1, 0.15) is 55.8 Å². The van der Waals surface area contributed by atoms with Crippen LogP contribution in [0.15, 0.2) is 18.2 Å². The number of aliphatic hydroxyl groups excluding tert-OH is 1. The van der Waals surface area contributed by atoms with Crippen molar-refractivity contribution in [3.63, 3.8) is 0 Å². The standard InChI is InChI=1S/C15H20ClNO4.C2H6O.2Na.2H/c16-11-7-8-13(18)12(10-11)15(21)17-9-5-3-1-2-4-6-14(19)20;1-2-3;;;;/h7-8,10,18H,1-6,9H2,(H,17,21)(H,19,20);3H,2H2,1H3;;;;. The van der Waals surface area contributed by atoms with Gasteiger partial charge in [-0.15, -0.1) is 0 Å². The summed E-state index contributed by atoms with van der Waals surface area (Å²) in [6.07, 6.45) is 4.49. The molecule has 1 aromatic carbocycles. The maximum absolute atomic E-state index is 11.8. The van der Waals surface area contributed by atoms with Gasteiger partial charge in [0.15, 0.2) is 0 Å². The second-order valence-corrected chi connectivity index (χ2v) is 5.58. The van der Waals surface area contributed by atoms with Crippen molar-refractivity contribution in [1.29, 1.82) is 0 Å². The predicted molar refractivity (Wildman–Crippen MR) is 108 cm³/mol. The Morgan fingerprint density at radius 1 is 1.08 bits per heavy atom. The molecule has 140 valence electrons. The molecule has 0 radical (unpaired) electrons. The molecule has 1 aromatic rings. The number of carbonyl (C=O) groups excluding carboxylic acids is 1. The molecule has 0 atom stereocenters. The van der Waals surface area contributed by atoms with E-state index in [0.29, 0.717) is 18.0 Å². The summed E-state index contributed by atoms with van der Waals surface area (Å²) < 4.78 is 0. The first kappa shape index (κ1) is 30.9. The number of aliphatic hydroxyl groups is 1. The first-order chi connectivity index (χ1) is 11.4. The van der Waals surface area contributed by atoms with Crippen LogP contribution < -0.4 is 5.32 Å². The van der Waals surface area contributed by atoms with E-state index < -0.39 is 5.97 Å². The van der Waals surface area contributed by atoms with E-state index in [1.165, 1.54) is 18.2 Å². The summed E-state index contributed by atoms with van der Waals surface area (Å²) in [7, 11) is 0. The van der Waals surface area contributed by atoms with Crippen molar-refractivity contribution in [3.8, 4) is 5.75 Å². The summed E-state index contributed by atoms with van der Waals surface area (Å²) >= 11 is 5.78. The molecule has 0 saturated carbocycles. The van der Waals surface area contributed by atoms with Gasteiger partial charge < -0.3 is 20.6 Å². The molecule has 26 heavy (non-hydrogen) atoms. The van der Waals surface area contributed by atoms with Crippen molar-refractivity contribution in [3.05, 3.63) is 28.8 Å². The fourth-order valence-corrected chi connectivity index (χ4v) is 2.09. The number of hydrogen-bond acceptors (Lipinski definition) is 4. The van der Waals surface area contributed by atoms with Crippen molar-refractivity contribution in [2.24, 2.45) is 0 Å². The summed E-state index contributed by atoms with van der Waals surface area (Å²) in [6.45, 7) is 2.45. The molecule has 6 nitrogen and oxygen atoms in total. The number of phenols is 1. The summed E-state index contributed by atoms with van der Waals surface area (Å²) in [5.41, 5.74) is 0.170. The molecule has 0 aliphatic carbocycles. The molecule has 4 N–H and O–H groups in total. The van der Waals surface area contributed by atoms with Gasteiger partial charge in [0, 0.05) is 24.6 Å². The third-order valence-corrected chi connectivity index (χ3v) is 3.29. The number of rotatable bonds is 9. The Morgan fingerprint density at radius 3 is 2.19 bits per heavy atom. The average molecular weight is 408 g/mol. The van der Waals surface area contributed by atoms with Crippen LogP contribution in [0.25, 0.3) is 0 Å². The topological polar surface area (TPSA) is 107 Å². The number of nitrogens with one attached hydrogen (secondary N) is 1. The third-order valence-electron chi connectivity index (χ3n) is 3.06. The zero-order chi connectivity index (χ0) is 18.4. The van der Waals surface area contributed by atoms with E-state index in [4.69, 9.17) is 21.8 Å². The predicted octanol–water partition coefficient (Wildman–Crippen LogP) is 1.90. The van der Waals surface area contributed by atoms with E-state index in [9.17, 15) is 14.7 Å². The van der Waals surface area contributed by atoms with Crippen LogP contribution in [0.3, 0.4) is 0 Å². The van der Waals surface area contributed by atoms with Crippen molar-refractivity contribution < 1.29 is 24.9 Å². The quantitative estimate of drug-likeness (QED) is 0.369. The Hall–Kier alpha value is 0.210. The Bertz CT molecular complexity index is 518. The van der Waals surface area contributed by atoms with E-state index in [1.807, 2.05) is 0 Å². The van der Waals surface area contributed by atoms with Gasteiger partial charge in [0.1, 0.15) is 5.75 Å². The van der Waals surface area contributed by atoms with Crippen LogP contribution in [-0.4, -0.2) is 99.5 Å². The van der Waals surface area contributed by atoms with Crippen LogP contribution >= 0.6 is 11.6 Å². The number of halogens is 1. The first-order valence-corrected chi connectivity index (χ1v) is 8.39. The zero-order valence-electron chi connectivity index (χ0n) is 13.9. The Kier molecular flexibility index (Phi) is 23.7. The number of aliphatic carboxylic acids is 1. The number of phenolic OH excluding ortho intramolecular Hbond substituents is 1. The second kappa shape index (κ2) is 20.0. The number of aromatic hydroxyl groups is 1. The van der Waals surface area contributed by atoms with Gasteiger partial charge in [-0.25, -0.2) is 0 Å². The van der Waals surface area contributed by atoms with E-state index in [1.54, 1.807) is 6.92 Å². The van der Waals surface area contributed by atoms with Crippen LogP contribution in [0.2, 0.25) is 5.02 Å². The molecule has 0 bridgehead atoms. The van der Waals surface area contributed by atoms with Gasteiger partial charge in [0.2, 0.25) is 0 Å². The van der Waals surface area contributed by atoms with Gasteiger partial charge in [-0.1, -0.05) is 30.9 Å². The number of amides is 1. The van der Waals surface area contributed by atoms with Gasteiger partial charge in [0.05, 0.1) is 5.56 Å². The van der Waals surface area contributed by atoms with Crippen molar-refractivity contribution in [1.82, 2.24) is 5.32 Å². The first-order valence-electron chi connectivity index (χ1n) is 8.01. The minimum atomic E-state index is -0.761. The van der Waals surface area contributed by atoms with Gasteiger partial charge in [-0.05, 0) is 38.0 Å². The van der Waals surface area contributed by atoms with Crippen LogP contribution in [0.5, 0.6) is 5.75 Å². The van der Waals surface area contributed by atoms with E-state index >= 15 is 0 Å². The van der Waals surface area contributed by atoms with Crippen LogP contribution in [0.4, 0.5) is 0 Å². The summed E-state index contributed by atoms with van der Waals surface area (Å²) in [4.78, 5) is 22.2. The second-order valence-electron chi connectivity index (χ2n) is 5.15. The Balaban J connectivity index is -0.000000986. The summed E-state index contributed by atoms with van der Waals surface area (Å²) in [6, 6.07) is 4.34. The number of carbonyl (C=O) groups is 2. The molecular formula is C17H28ClNNa2O5. The van der Waals surface area contributed by atoms with Gasteiger partial charge >= 0.3 is 65.1 Å². The van der Waals surface area contributed by atoms with Crippen molar-refractivity contribution >= 4 is 82.6 Å². The fourth-order valence-electron chi connectivity index (χ4n) is 1.92. The summed E-state index contributed by atoms with van der Waals surface area (Å²) in [5.74, 6) is -1.20. The number of benzene rings is 1. The zero-order valence-corrected chi connectivity index (χ0v) is 14.7. The third kappa shape index (κ3) is 16.4. The molecule has 1 rings (SSSR count). The number of hydrogen-bond donors (Lipinski definition) is 4. The normalized spacial score (nSPS) is 9.04. The molecule has 0 unspecified atom stereocenters. The Labute approximate surface area is 204 Å². The Morgan fingerprint density at radius 2 is 1.62 bits per heavy atom. The van der Waals surface area contributed by atoms with E-state index in [-0.39, 0.29) is 89.4 Å². The fraction of sp³-hybridized carbons (Fsp3) is 0.529. The van der Waals surface area contributed by atoms with Crippen LogP contribution in [0, 0.1) is 0 Å². The molecule has 0 spiro atoms. The average Bonchev–Trinajstić information content (AvgIpc) is 2.52.